The van der Waals surface area contributed by atoms with Gasteiger partial charge in [0.25, 0.3) is 0 Å². The number of hydrogen-bond donors (Lipinski definition) is 0. The Kier molecular flexibility index (Phi) is 4.32. The Morgan fingerprint density at radius 3 is 1.19 bits per heavy atom. The Morgan fingerprint density at radius 2 is 0.861 bits per heavy atom. The summed E-state index contributed by atoms with van der Waals surface area (Å²) in [6.07, 6.45) is 4.03. The topological polar surface area (TPSA) is 93.2 Å². The van der Waals surface area contributed by atoms with Gasteiger partial charge in [-0.05, 0) is 72.2 Å². The van der Waals surface area contributed by atoms with Crippen molar-refractivity contribution in [3.63, 3.8) is 0 Å². The van der Waals surface area contributed by atoms with Gasteiger partial charge in [0.2, 0.25) is 23.6 Å². The molecular formula is C28H24N2O6. The van der Waals surface area contributed by atoms with Crippen LogP contribution in [0, 0.1) is 47.3 Å². The van der Waals surface area contributed by atoms with E-state index in [1.165, 1.54) is 9.80 Å². The van der Waals surface area contributed by atoms with Gasteiger partial charge in [-0.3, -0.25) is 29.0 Å². The number of fused-ring (bicyclic) bond motifs is 1. The van der Waals surface area contributed by atoms with Crippen molar-refractivity contribution < 1.29 is 28.7 Å². The van der Waals surface area contributed by atoms with E-state index in [0.29, 0.717) is 22.9 Å². The number of allylic oxidation sites excluding steroid dienone is 2. The van der Waals surface area contributed by atoms with Crippen LogP contribution in [0.4, 0.5) is 11.4 Å². The Labute approximate surface area is 207 Å². The first-order valence-electron chi connectivity index (χ1n) is 12.2. The summed E-state index contributed by atoms with van der Waals surface area (Å²) in [6, 6.07) is 13.8. The summed E-state index contributed by atoms with van der Waals surface area (Å²) < 4.78 is 10.4. The van der Waals surface area contributed by atoms with E-state index in [0.717, 1.165) is 0 Å². The van der Waals surface area contributed by atoms with Crippen LogP contribution in [-0.2, 0) is 19.2 Å². The van der Waals surface area contributed by atoms with Crippen molar-refractivity contribution in [2.24, 2.45) is 47.3 Å². The molecular weight excluding hydrogens is 460 g/mol. The minimum atomic E-state index is -0.505. The Hall–Kier alpha value is -3.94. The number of nitrogens with zero attached hydrogens (tertiary/aromatic N) is 2. The van der Waals surface area contributed by atoms with Gasteiger partial charge < -0.3 is 9.47 Å². The predicted octanol–water partition coefficient (Wildman–Crippen LogP) is 2.68. The summed E-state index contributed by atoms with van der Waals surface area (Å²) in [5.41, 5.74) is 1.04. The average molecular weight is 485 g/mol. The number of anilines is 2. The van der Waals surface area contributed by atoms with Crippen molar-refractivity contribution in [3.05, 3.63) is 60.7 Å². The summed E-state index contributed by atoms with van der Waals surface area (Å²) in [6.45, 7) is 0. The quantitative estimate of drug-likeness (QED) is 0.489. The lowest BCUT2D eigenvalue weighted by Crippen LogP contribution is -2.63. The second-order valence-electron chi connectivity index (χ2n) is 10.2. The maximum atomic E-state index is 13.6. The van der Waals surface area contributed by atoms with Crippen LogP contribution in [-0.4, -0.2) is 37.8 Å². The van der Waals surface area contributed by atoms with Crippen LogP contribution in [0.3, 0.4) is 0 Å². The van der Waals surface area contributed by atoms with E-state index in [4.69, 9.17) is 9.47 Å². The molecule has 8 nitrogen and oxygen atoms in total. The van der Waals surface area contributed by atoms with Gasteiger partial charge in [-0.25, -0.2) is 0 Å². The first kappa shape index (κ1) is 21.4. The predicted molar refractivity (Wildman–Crippen MR) is 128 cm³/mol. The summed E-state index contributed by atoms with van der Waals surface area (Å²) >= 11 is 0. The Morgan fingerprint density at radius 1 is 0.528 bits per heavy atom. The van der Waals surface area contributed by atoms with Crippen LogP contribution in [0.2, 0.25) is 0 Å². The van der Waals surface area contributed by atoms with Crippen LogP contribution >= 0.6 is 0 Å². The molecule has 2 saturated heterocycles. The highest BCUT2D eigenvalue weighted by Crippen LogP contribution is 2.68. The van der Waals surface area contributed by atoms with Gasteiger partial charge in [-0.2, -0.15) is 0 Å². The number of carbonyl (C=O) groups excluding carboxylic acids is 4. The standard InChI is InChI=1S/C28H24N2O6/c1-35-15-7-3-13(4-8-15)29-25(31)21-17-11-12-18(22(21)26(29)32)20-19(17)23-24(20)28(34)30(27(23)33)14-5-9-16(36-2)10-6-14/h3-12,17-24H,1-2H3/t17-,18+,19-,20-,21+,22-,23-,24-/m1/s1. The maximum Gasteiger partial charge on any atom is 0.238 e. The minimum Gasteiger partial charge on any atom is -0.497 e. The van der Waals surface area contributed by atoms with Crippen molar-refractivity contribution in [1.82, 2.24) is 0 Å². The van der Waals surface area contributed by atoms with E-state index in [9.17, 15) is 19.2 Å². The zero-order chi connectivity index (χ0) is 24.9. The molecule has 182 valence electrons. The number of carbonyl (C=O) groups is 4. The molecule has 2 aromatic carbocycles. The minimum absolute atomic E-state index is 0.112. The number of benzene rings is 2. The third-order valence-corrected chi connectivity index (χ3v) is 9.00. The summed E-state index contributed by atoms with van der Waals surface area (Å²) in [7, 11) is 3.12. The summed E-state index contributed by atoms with van der Waals surface area (Å²) in [5, 5.41) is 0. The van der Waals surface area contributed by atoms with Crippen molar-refractivity contribution >= 4 is 35.0 Å². The molecule has 4 amide bonds. The summed E-state index contributed by atoms with van der Waals surface area (Å²) in [5.74, 6) is -2.21. The fraction of sp³-hybridized carbons (Fsp3) is 0.357. The van der Waals surface area contributed by atoms with Gasteiger partial charge in [0.1, 0.15) is 11.5 Å². The van der Waals surface area contributed by atoms with E-state index in [2.05, 4.69) is 0 Å². The number of rotatable bonds is 4. The molecule has 0 unspecified atom stereocenters. The summed E-state index contributed by atoms with van der Waals surface area (Å²) in [4.78, 5) is 56.9. The number of hydrogen-bond acceptors (Lipinski definition) is 6. The molecule has 4 fully saturated rings. The second kappa shape index (κ2) is 7.29. The molecule has 8 rings (SSSR count). The van der Waals surface area contributed by atoms with Crippen LogP contribution in [0.1, 0.15) is 0 Å². The SMILES string of the molecule is COc1ccc(N2C(=O)[C@@H]3[C@H]4C=C[C@@H]([C@@H]3C2=O)[C@H]2[C@H]3C(=O)N(c5ccc(OC)cc5)C(=O)[C@@H]3[C@H]42)cc1. The van der Waals surface area contributed by atoms with Crippen molar-refractivity contribution in [3.8, 4) is 11.5 Å². The number of imide groups is 2. The molecule has 2 aliphatic heterocycles. The van der Waals surface area contributed by atoms with E-state index in [1.54, 1.807) is 62.8 Å². The molecule has 0 spiro atoms. The highest BCUT2D eigenvalue weighted by molar-refractivity contribution is 6.25. The lowest BCUT2D eigenvalue weighted by molar-refractivity contribution is -0.166. The van der Waals surface area contributed by atoms with E-state index < -0.39 is 23.7 Å². The van der Waals surface area contributed by atoms with Gasteiger partial charge in [-0.1, -0.05) is 12.2 Å². The van der Waals surface area contributed by atoms with E-state index in [1.807, 2.05) is 12.2 Å². The second-order valence-corrected chi connectivity index (χ2v) is 10.2. The molecule has 4 aliphatic carbocycles. The van der Waals surface area contributed by atoms with Crippen molar-refractivity contribution in [2.75, 3.05) is 24.0 Å². The zero-order valence-electron chi connectivity index (χ0n) is 19.7. The Bertz CT molecular complexity index is 1290. The smallest absolute Gasteiger partial charge is 0.238 e. The van der Waals surface area contributed by atoms with Crippen molar-refractivity contribution in [2.45, 2.75) is 0 Å². The third-order valence-electron chi connectivity index (χ3n) is 9.00. The average Bonchev–Trinajstić information content (AvgIpc) is 3.28. The molecule has 8 heteroatoms. The lowest BCUT2D eigenvalue weighted by Gasteiger charge is -2.60. The first-order valence-corrected chi connectivity index (χ1v) is 12.2. The van der Waals surface area contributed by atoms with Gasteiger partial charge in [0, 0.05) is 0 Å². The molecule has 2 aromatic rings. The molecule has 0 N–H and O–H groups in total. The van der Waals surface area contributed by atoms with Crippen LogP contribution in [0.5, 0.6) is 11.5 Å². The molecule has 2 heterocycles. The zero-order valence-corrected chi connectivity index (χ0v) is 19.7. The molecule has 8 atom stereocenters. The number of ether oxygens (including phenoxy) is 2. The fourth-order valence-corrected chi connectivity index (χ4v) is 7.57. The lowest BCUT2D eigenvalue weighted by atomic mass is 9.40. The maximum absolute atomic E-state index is 13.6. The molecule has 36 heavy (non-hydrogen) atoms. The van der Waals surface area contributed by atoms with Gasteiger partial charge >= 0.3 is 0 Å². The molecule has 6 aliphatic rings. The van der Waals surface area contributed by atoms with Crippen LogP contribution in [0.25, 0.3) is 0 Å². The Balaban J connectivity index is 1.22. The number of amides is 4. The van der Waals surface area contributed by atoms with Crippen molar-refractivity contribution in [1.29, 1.82) is 0 Å². The normalized spacial score (nSPS) is 35.5. The molecule has 0 aromatic heterocycles. The molecule has 2 saturated carbocycles. The van der Waals surface area contributed by atoms with Gasteiger partial charge in [0.05, 0.1) is 49.3 Å². The molecule has 0 radical (unpaired) electrons. The van der Waals surface area contributed by atoms with E-state index >= 15 is 0 Å². The highest BCUT2D eigenvalue weighted by Gasteiger charge is 2.75. The van der Waals surface area contributed by atoms with Gasteiger partial charge in [-0.15, -0.1) is 0 Å². The van der Waals surface area contributed by atoms with E-state index in [-0.39, 0.29) is 47.3 Å². The fourth-order valence-electron chi connectivity index (χ4n) is 7.57. The highest BCUT2D eigenvalue weighted by atomic mass is 16.5. The largest absolute Gasteiger partial charge is 0.497 e. The molecule has 2 bridgehead atoms. The third kappa shape index (κ3) is 2.49. The van der Waals surface area contributed by atoms with Crippen LogP contribution in [0.15, 0.2) is 60.7 Å². The monoisotopic (exact) mass is 484 g/mol. The first-order chi connectivity index (χ1) is 17.5. The van der Waals surface area contributed by atoms with Gasteiger partial charge in [0.15, 0.2) is 0 Å². The van der Waals surface area contributed by atoms with Crippen LogP contribution < -0.4 is 19.3 Å². The number of methoxy groups -OCH3 is 2.